The number of nitrogens with zero attached hydrogens (tertiary/aromatic N) is 4. The molecule has 0 fully saturated rings. The van der Waals surface area contributed by atoms with E-state index < -0.39 is 11.8 Å². The van der Waals surface area contributed by atoms with Crippen molar-refractivity contribution < 1.29 is 14.7 Å². The third kappa shape index (κ3) is 3.37. The van der Waals surface area contributed by atoms with E-state index in [-0.39, 0.29) is 23.0 Å². The summed E-state index contributed by atoms with van der Waals surface area (Å²) in [6.07, 6.45) is 3.91. The van der Waals surface area contributed by atoms with E-state index in [9.17, 15) is 14.7 Å². The molecule has 10 heteroatoms. The van der Waals surface area contributed by atoms with E-state index in [1.165, 1.54) is 23.3 Å². The van der Waals surface area contributed by atoms with Crippen molar-refractivity contribution in [3.8, 4) is 11.4 Å². The van der Waals surface area contributed by atoms with Crippen LogP contribution in [0.15, 0.2) is 48.9 Å². The Bertz CT molecular complexity index is 924. The van der Waals surface area contributed by atoms with E-state index in [4.69, 9.17) is 5.73 Å². The number of hydrazine groups is 1. The van der Waals surface area contributed by atoms with E-state index in [2.05, 4.69) is 25.9 Å². The molecule has 0 aliphatic heterocycles. The van der Waals surface area contributed by atoms with E-state index in [1.54, 1.807) is 24.3 Å². The molecule has 0 saturated heterocycles. The van der Waals surface area contributed by atoms with Crippen molar-refractivity contribution in [2.75, 3.05) is 5.73 Å². The SMILES string of the molecule is Nc1nccnc1C(=O)NNC(=O)c1nn(-c2ccccc2)cc1O. The molecular formula is C15H13N7O3. The molecule has 0 aliphatic carbocycles. The number of nitrogens with one attached hydrogen (secondary N) is 2. The minimum Gasteiger partial charge on any atom is -0.504 e. The summed E-state index contributed by atoms with van der Waals surface area (Å²) in [5.74, 6) is -1.97. The molecule has 3 rings (SSSR count). The first kappa shape index (κ1) is 15.9. The number of nitrogen functional groups attached to an aromatic ring is 1. The molecule has 0 unspecified atom stereocenters. The van der Waals surface area contributed by atoms with Gasteiger partial charge in [-0.25, -0.2) is 14.6 Å². The number of aromatic nitrogens is 4. The number of nitrogens with two attached hydrogens (primary N) is 1. The molecule has 2 aromatic heterocycles. The standard InChI is InChI=1S/C15H13N7O3/c16-13-12(17-6-7-18-13)15(25)20-19-14(24)11-10(23)8-22(21-11)9-4-2-1-3-5-9/h1-8,23H,(H2,16,18)(H,19,24)(H,20,25). The number of para-hydroxylation sites is 1. The molecule has 126 valence electrons. The number of benzene rings is 1. The van der Waals surface area contributed by atoms with Gasteiger partial charge in [0.2, 0.25) is 0 Å². The lowest BCUT2D eigenvalue weighted by Crippen LogP contribution is -2.42. The lowest BCUT2D eigenvalue weighted by molar-refractivity contribution is 0.0839. The van der Waals surface area contributed by atoms with Gasteiger partial charge in [0.1, 0.15) is 0 Å². The zero-order chi connectivity index (χ0) is 17.8. The first-order valence-electron chi connectivity index (χ1n) is 7.07. The van der Waals surface area contributed by atoms with Crippen LogP contribution in [0.4, 0.5) is 5.82 Å². The van der Waals surface area contributed by atoms with E-state index >= 15 is 0 Å². The maximum Gasteiger partial charge on any atom is 0.294 e. The molecule has 2 amide bonds. The normalized spacial score (nSPS) is 10.2. The number of amides is 2. The molecule has 25 heavy (non-hydrogen) atoms. The second kappa shape index (κ2) is 6.66. The highest BCUT2D eigenvalue weighted by atomic mass is 16.3. The van der Waals surface area contributed by atoms with Gasteiger partial charge in [0.25, 0.3) is 11.8 Å². The zero-order valence-corrected chi connectivity index (χ0v) is 12.7. The van der Waals surface area contributed by atoms with Crippen molar-refractivity contribution in [3.63, 3.8) is 0 Å². The summed E-state index contributed by atoms with van der Waals surface area (Å²) >= 11 is 0. The Labute approximate surface area is 141 Å². The van der Waals surface area contributed by atoms with Crippen LogP contribution >= 0.6 is 0 Å². The highest BCUT2D eigenvalue weighted by Crippen LogP contribution is 2.17. The van der Waals surface area contributed by atoms with Gasteiger partial charge in [-0.3, -0.25) is 20.4 Å². The van der Waals surface area contributed by atoms with E-state index in [0.29, 0.717) is 5.69 Å². The molecule has 0 spiro atoms. The van der Waals surface area contributed by atoms with Crippen LogP contribution in [0.1, 0.15) is 21.0 Å². The summed E-state index contributed by atoms with van der Waals surface area (Å²) in [4.78, 5) is 31.5. The van der Waals surface area contributed by atoms with Gasteiger partial charge < -0.3 is 10.8 Å². The van der Waals surface area contributed by atoms with Gasteiger partial charge in [-0.05, 0) is 12.1 Å². The zero-order valence-electron chi connectivity index (χ0n) is 12.7. The lowest BCUT2D eigenvalue weighted by atomic mass is 10.3. The van der Waals surface area contributed by atoms with Crippen LogP contribution in [0.2, 0.25) is 0 Å². The lowest BCUT2D eigenvalue weighted by Gasteiger charge is -2.06. The Kier molecular flexibility index (Phi) is 4.24. The Morgan fingerprint density at radius 3 is 2.32 bits per heavy atom. The summed E-state index contributed by atoms with van der Waals surface area (Å²) in [5.41, 5.74) is 10.1. The maximum atomic E-state index is 12.1. The van der Waals surface area contributed by atoms with Crippen molar-refractivity contribution in [1.29, 1.82) is 0 Å². The summed E-state index contributed by atoms with van der Waals surface area (Å²) < 4.78 is 1.34. The van der Waals surface area contributed by atoms with Crippen LogP contribution in [0.3, 0.4) is 0 Å². The Morgan fingerprint density at radius 1 is 1.00 bits per heavy atom. The van der Waals surface area contributed by atoms with Gasteiger partial charge >= 0.3 is 0 Å². The Hall–Kier alpha value is -3.95. The molecule has 0 saturated carbocycles. The number of hydrogen-bond acceptors (Lipinski definition) is 7. The second-order valence-electron chi connectivity index (χ2n) is 4.84. The summed E-state index contributed by atoms with van der Waals surface area (Å²) in [6, 6.07) is 8.92. The largest absolute Gasteiger partial charge is 0.504 e. The minimum absolute atomic E-state index is 0.0783. The fourth-order valence-electron chi connectivity index (χ4n) is 2.00. The number of hydrogen-bond donors (Lipinski definition) is 4. The molecule has 0 radical (unpaired) electrons. The van der Waals surface area contributed by atoms with Crippen LogP contribution in [0.5, 0.6) is 5.75 Å². The highest BCUT2D eigenvalue weighted by Gasteiger charge is 2.19. The number of rotatable bonds is 3. The van der Waals surface area contributed by atoms with Crippen molar-refractivity contribution in [3.05, 3.63) is 60.3 Å². The minimum atomic E-state index is -0.803. The molecule has 0 aliphatic rings. The van der Waals surface area contributed by atoms with Gasteiger partial charge in [0.15, 0.2) is 23.0 Å². The van der Waals surface area contributed by atoms with Gasteiger partial charge in [-0.1, -0.05) is 18.2 Å². The van der Waals surface area contributed by atoms with Crippen molar-refractivity contribution >= 4 is 17.6 Å². The average molecular weight is 339 g/mol. The van der Waals surface area contributed by atoms with Crippen LogP contribution in [0, 0.1) is 0 Å². The quantitative estimate of drug-likeness (QED) is 0.492. The second-order valence-corrected chi connectivity index (χ2v) is 4.84. The smallest absolute Gasteiger partial charge is 0.294 e. The first-order valence-corrected chi connectivity index (χ1v) is 7.07. The fourth-order valence-corrected chi connectivity index (χ4v) is 2.00. The molecule has 0 atom stereocenters. The van der Waals surface area contributed by atoms with Gasteiger partial charge in [-0.15, -0.1) is 0 Å². The third-order valence-electron chi connectivity index (χ3n) is 3.16. The monoisotopic (exact) mass is 339 g/mol. The maximum absolute atomic E-state index is 12.1. The van der Waals surface area contributed by atoms with Crippen LogP contribution in [0.25, 0.3) is 5.69 Å². The van der Waals surface area contributed by atoms with Gasteiger partial charge in [0, 0.05) is 12.4 Å². The van der Waals surface area contributed by atoms with Crippen molar-refractivity contribution in [1.82, 2.24) is 30.6 Å². The molecular weight excluding hydrogens is 326 g/mol. The Balaban J connectivity index is 1.71. The predicted molar refractivity (Wildman–Crippen MR) is 86.6 cm³/mol. The molecule has 5 N–H and O–H groups in total. The predicted octanol–water partition coefficient (Wildman–Crippen LogP) is 0.0249. The van der Waals surface area contributed by atoms with Gasteiger partial charge in [-0.2, -0.15) is 5.10 Å². The molecule has 2 heterocycles. The molecule has 0 bridgehead atoms. The first-order chi connectivity index (χ1) is 12.1. The Morgan fingerprint density at radius 2 is 1.64 bits per heavy atom. The summed E-state index contributed by atoms with van der Waals surface area (Å²) in [5, 5.41) is 13.9. The van der Waals surface area contributed by atoms with Crippen molar-refractivity contribution in [2.24, 2.45) is 0 Å². The number of carbonyl (C=O) groups excluding carboxylic acids is 2. The molecule has 1 aromatic carbocycles. The van der Waals surface area contributed by atoms with Crippen LogP contribution in [-0.2, 0) is 0 Å². The number of carbonyl (C=O) groups is 2. The topological polar surface area (TPSA) is 148 Å². The molecule has 3 aromatic rings. The average Bonchev–Trinajstić information content (AvgIpc) is 3.02. The third-order valence-corrected chi connectivity index (χ3v) is 3.16. The van der Waals surface area contributed by atoms with Gasteiger partial charge in [0.05, 0.1) is 11.9 Å². The highest BCUT2D eigenvalue weighted by molar-refractivity contribution is 6.00. The number of aromatic hydroxyl groups is 1. The number of anilines is 1. The summed E-state index contributed by atoms with van der Waals surface area (Å²) in [7, 11) is 0. The van der Waals surface area contributed by atoms with Crippen LogP contribution < -0.4 is 16.6 Å². The van der Waals surface area contributed by atoms with Crippen molar-refractivity contribution in [2.45, 2.75) is 0 Å². The fraction of sp³-hybridized carbons (Fsp3) is 0. The summed E-state index contributed by atoms with van der Waals surface area (Å²) in [6.45, 7) is 0. The molecule has 10 nitrogen and oxygen atoms in total. The van der Waals surface area contributed by atoms with E-state index in [1.807, 2.05) is 6.07 Å². The van der Waals surface area contributed by atoms with E-state index in [0.717, 1.165) is 0 Å². The van der Waals surface area contributed by atoms with Crippen LogP contribution in [-0.4, -0.2) is 36.7 Å².